The molecule has 23 heavy (non-hydrogen) atoms. The summed E-state index contributed by atoms with van der Waals surface area (Å²) in [5, 5.41) is 0. The number of benzene rings is 1. The minimum atomic E-state index is 0.787. The van der Waals surface area contributed by atoms with Gasteiger partial charge in [-0.15, -0.1) is 0 Å². The Labute approximate surface area is 140 Å². The van der Waals surface area contributed by atoms with E-state index in [0.29, 0.717) is 0 Å². The number of unbranched alkanes of at least 4 members (excludes halogenated alkanes) is 5. The van der Waals surface area contributed by atoms with Crippen LogP contribution < -0.4 is 4.74 Å². The Hall–Kier alpha value is -1.83. The number of hydrogen-bond donors (Lipinski definition) is 0. The summed E-state index contributed by atoms with van der Waals surface area (Å²) in [4.78, 5) is 4.51. The highest BCUT2D eigenvalue weighted by Crippen LogP contribution is 2.32. The average molecular weight is 311 g/mol. The van der Waals surface area contributed by atoms with Crippen LogP contribution in [0.1, 0.15) is 56.6 Å². The van der Waals surface area contributed by atoms with Crippen LogP contribution in [0, 0.1) is 13.8 Å². The maximum absolute atomic E-state index is 6.13. The Balaban J connectivity index is 1.98. The molecule has 0 aliphatic heterocycles. The molecule has 1 aromatic carbocycles. The lowest BCUT2D eigenvalue weighted by Gasteiger charge is -2.14. The van der Waals surface area contributed by atoms with Crippen molar-refractivity contribution in [2.24, 2.45) is 0 Å². The Bertz CT molecular complexity index is 607. The summed E-state index contributed by atoms with van der Waals surface area (Å²) in [6, 6.07) is 10.4. The third-order valence-corrected chi connectivity index (χ3v) is 4.15. The molecule has 0 N–H and O–H groups in total. The van der Waals surface area contributed by atoms with Gasteiger partial charge in [0.1, 0.15) is 5.75 Å². The zero-order valence-corrected chi connectivity index (χ0v) is 14.8. The second-order valence-electron chi connectivity index (χ2n) is 6.29. The summed E-state index contributed by atoms with van der Waals surface area (Å²) in [5.74, 6) is 0.985. The highest BCUT2D eigenvalue weighted by molar-refractivity contribution is 5.69. The summed E-state index contributed by atoms with van der Waals surface area (Å²) in [5.41, 5.74) is 4.49. The molecule has 2 aromatic rings. The van der Waals surface area contributed by atoms with E-state index >= 15 is 0 Å². The largest absolute Gasteiger partial charge is 0.493 e. The predicted octanol–water partition coefficient (Wildman–Crippen LogP) is 6.10. The molecule has 0 saturated carbocycles. The number of nitrogens with zero attached hydrogens (tertiary/aromatic N) is 1. The molecule has 0 bridgehead atoms. The molecule has 0 fully saturated rings. The number of aromatic nitrogens is 1. The first kappa shape index (κ1) is 17.5. The topological polar surface area (TPSA) is 22.1 Å². The van der Waals surface area contributed by atoms with Crippen LogP contribution in [0.3, 0.4) is 0 Å². The van der Waals surface area contributed by atoms with Crippen molar-refractivity contribution < 1.29 is 4.74 Å². The Kier molecular flexibility index (Phi) is 7.12. The van der Waals surface area contributed by atoms with E-state index in [0.717, 1.165) is 30.0 Å². The molecule has 0 atom stereocenters. The molecule has 2 heteroatoms. The fourth-order valence-corrected chi connectivity index (χ4v) is 2.79. The number of ether oxygens (including phenoxy) is 1. The van der Waals surface area contributed by atoms with E-state index in [4.69, 9.17) is 4.74 Å². The first-order valence-corrected chi connectivity index (χ1v) is 8.88. The molecule has 0 radical (unpaired) electrons. The van der Waals surface area contributed by atoms with Crippen LogP contribution in [-0.2, 0) is 0 Å². The molecule has 0 saturated heterocycles. The molecule has 0 aliphatic rings. The van der Waals surface area contributed by atoms with Crippen molar-refractivity contribution >= 4 is 0 Å². The minimum absolute atomic E-state index is 0.787. The summed E-state index contributed by atoms with van der Waals surface area (Å²) in [7, 11) is 0. The number of rotatable bonds is 9. The second kappa shape index (κ2) is 9.34. The van der Waals surface area contributed by atoms with Gasteiger partial charge in [0.2, 0.25) is 0 Å². The predicted molar refractivity (Wildman–Crippen MR) is 98.0 cm³/mol. The zero-order chi connectivity index (χ0) is 16.5. The van der Waals surface area contributed by atoms with E-state index in [2.05, 4.69) is 50.0 Å². The molecule has 0 amide bonds. The lowest BCUT2D eigenvalue weighted by molar-refractivity contribution is 0.303. The molecule has 2 nitrogen and oxygen atoms in total. The van der Waals surface area contributed by atoms with Crippen LogP contribution in [0.4, 0.5) is 0 Å². The molecule has 124 valence electrons. The summed E-state index contributed by atoms with van der Waals surface area (Å²) in [6.07, 6.45) is 9.55. The normalized spacial score (nSPS) is 10.7. The van der Waals surface area contributed by atoms with Crippen molar-refractivity contribution in [1.29, 1.82) is 0 Å². The molecule has 1 heterocycles. The third kappa shape index (κ3) is 5.38. The first-order valence-electron chi connectivity index (χ1n) is 8.88. The summed E-state index contributed by atoms with van der Waals surface area (Å²) >= 11 is 0. The van der Waals surface area contributed by atoms with Crippen molar-refractivity contribution in [3.8, 4) is 17.0 Å². The lowest BCUT2D eigenvalue weighted by Crippen LogP contribution is -2.01. The van der Waals surface area contributed by atoms with Gasteiger partial charge in [-0.25, -0.2) is 0 Å². The Morgan fingerprint density at radius 2 is 1.74 bits per heavy atom. The molecular weight excluding hydrogens is 282 g/mol. The van der Waals surface area contributed by atoms with Gasteiger partial charge in [-0.2, -0.15) is 0 Å². The number of para-hydroxylation sites is 1. The van der Waals surface area contributed by atoms with Crippen LogP contribution in [0.15, 0.2) is 36.5 Å². The van der Waals surface area contributed by atoms with E-state index in [1.165, 1.54) is 43.2 Å². The van der Waals surface area contributed by atoms with Crippen LogP contribution in [-0.4, -0.2) is 11.6 Å². The Morgan fingerprint density at radius 1 is 0.957 bits per heavy atom. The molecular formula is C21H29NO. The van der Waals surface area contributed by atoms with Gasteiger partial charge in [0.25, 0.3) is 0 Å². The van der Waals surface area contributed by atoms with E-state index in [1.807, 2.05) is 12.3 Å². The minimum Gasteiger partial charge on any atom is -0.493 e. The standard InChI is InChI=1S/C21H29NO/c1-4-5-6-7-8-9-15-23-21-18(3)11-10-12-19(21)20-16-17(2)13-14-22-20/h10-14,16H,4-9,15H2,1-3H3. The molecule has 1 aromatic heterocycles. The van der Waals surface area contributed by atoms with Gasteiger partial charge in [-0.3, -0.25) is 4.98 Å². The van der Waals surface area contributed by atoms with Crippen LogP contribution in [0.5, 0.6) is 5.75 Å². The maximum Gasteiger partial charge on any atom is 0.131 e. The SMILES string of the molecule is CCCCCCCCOc1c(C)cccc1-c1cc(C)ccn1. The first-order chi connectivity index (χ1) is 11.2. The van der Waals surface area contributed by atoms with E-state index in [9.17, 15) is 0 Å². The monoisotopic (exact) mass is 311 g/mol. The summed E-state index contributed by atoms with van der Waals surface area (Å²) in [6.45, 7) is 7.24. The van der Waals surface area contributed by atoms with E-state index in [1.54, 1.807) is 0 Å². The van der Waals surface area contributed by atoms with Gasteiger partial charge < -0.3 is 4.74 Å². The Morgan fingerprint density at radius 3 is 2.52 bits per heavy atom. The molecule has 0 spiro atoms. The number of pyridine rings is 1. The fraction of sp³-hybridized carbons (Fsp3) is 0.476. The van der Waals surface area contributed by atoms with E-state index < -0.39 is 0 Å². The maximum atomic E-state index is 6.13. The van der Waals surface area contributed by atoms with Crippen molar-refractivity contribution in [2.75, 3.05) is 6.61 Å². The number of aryl methyl sites for hydroxylation is 2. The van der Waals surface area contributed by atoms with Crippen molar-refractivity contribution in [3.05, 3.63) is 47.7 Å². The van der Waals surface area contributed by atoms with Crippen LogP contribution in [0.25, 0.3) is 11.3 Å². The van der Waals surface area contributed by atoms with Gasteiger partial charge in [-0.05, 0) is 49.6 Å². The average Bonchev–Trinajstić information content (AvgIpc) is 2.55. The zero-order valence-electron chi connectivity index (χ0n) is 14.8. The van der Waals surface area contributed by atoms with Gasteiger partial charge >= 0.3 is 0 Å². The lowest BCUT2D eigenvalue weighted by atomic mass is 10.0. The molecule has 0 unspecified atom stereocenters. The summed E-state index contributed by atoms with van der Waals surface area (Å²) < 4.78 is 6.13. The van der Waals surface area contributed by atoms with Crippen LogP contribution >= 0.6 is 0 Å². The van der Waals surface area contributed by atoms with Gasteiger partial charge in [0.15, 0.2) is 0 Å². The van der Waals surface area contributed by atoms with Crippen LogP contribution in [0.2, 0.25) is 0 Å². The molecule has 0 aliphatic carbocycles. The quantitative estimate of drug-likeness (QED) is 0.522. The smallest absolute Gasteiger partial charge is 0.131 e. The molecule has 2 rings (SSSR count). The van der Waals surface area contributed by atoms with Crippen molar-refractivity contribution in [2.45, 2.75) is 59.3 Å². The highest BCUT2D eigenvalue weighted by atomic mass is 16.5. The van der Waals surface area contributed by atoms with E-state index in [-0.39, 0.29) is 0 Å². The third-order valence-electron chi connectivity index (χ3n) is 4.15. The van der Waals surface area contributed by atoms with Crippen molar-refractivity contribution in [1.82, 2.24) is 4.98 Å². The highest BCUT2D eigenvalue weighted by Gasteiger charge is 2.10. The van der Waals surface area contributed by atoms with Gasteiger partial charge in [0.05, 0.1) is 12.3 Å². The van der Waals surface area contributed by atoms with Gasteiger partial charge in [-0.1, -0.05) is 51.2 Å². The van der Waals surface area contributed by atoms with Crippen molar-refractivity contribution in [3.63, 3.8) is 0 Å². The van der Waals surface area contributed by atoms with Gasteiger partial charge in [0, 0.05) is 11.8 Å². The fourth-order valence-electron chi connectivity index (χ4n) is 2.79. The second-order valence-corrected chi connectivity index (χ2v) is 6.29. The number of hydrogen-bond acceptors (Lipinski definition) is 2.